The number of hydrogen-bond acceptors (Lipinski definition) is 4. The minimum atomic E-state index is -0.263. The van der Waals surface area contributed by atoms with E-state index in [1.165, 1.54) is 11.3 Å². The van der Waals surface area contributed by atoms with Crippen LogP contribution in [0.25, 0.3) is 0 Å². The van der Waals surface area contributed by atoms with Gasteiger partial charge in [-0.2, -0.15) is 5.26 Å². The maximum Gasteiger partial charge on any atom is 0.353 e. The third-order valence-electron chi connectivity index (χ3n) is 3.89. The van der Waals surface area contributed by atoms with Crippen LogP contribution < -0.4 is 4.90 Å². The van der Waals surface area contributed by atoms with E-state index in [-0.39, 0.29) is 18.1 Å². The Hall–Kier alpha value is -2.80. The molecule has 0 spiro atoms. The second-order valence-electron chi connectivity index (χ2n) is 5.32. The number of nitrogens with zero attached hydrogens (tertiary/aromatic N) is 2. The average molecular weight is 292 g/mol. The molecular weight excluding hydrogens is 276 g/mol. The number of anilines is 1. The van der Waals surface area contributed by atoms with Gasteiger partial charge in [0.1, 0.15) is 6.04 Å². The van der Waals surface area contributed by atoms with Gasteiger partial charge in [-0.25, -0.2) is 4.79 Å². The molecular formula is C18H16N2O2. The molecule has 2 aromatic rings. The van der Waals surface area contributed by atoms with E-state index in [0.717, 1.165) is 12.0 Å². The summed E-state index contributed by atoms with van der Waals surface area (Å²) >= 11 is 0. The molecule has 0 aromatic heterocycles. The van der Waals surface area contributed by atoms with Gasteiger partial charge in [-0.1, -0.05) is 48.5 Å². The number of nitriles is 1. The molecule has 4 heteroatoms. The number of carbonyl (C=O) groups excluding carboxylic acids is 1. The number of likely N-dealkylation sites (N-methyl/N-ethyl adjacent to an activating group) is 1. The van der Waals surface area contributed by atoms with Crippen LogP contribution in [0.5, 0.6) is 0 Å². The van der Waals surface area contributed by atoms with Gasteiger partial charge in [0.2, 0.25) is 6.10 Å². The smallest absolute Gasteiger partial charge is 0.353 e. The summed E-state index contributed by atoms with van der Waals surface area (Å²) in [5.74, 6) is -0.119. The number of fused-ring (bicyclic) bond motifs is 1. The predicted octanol–water partition coefficient (Wildman–Crippen LogP) is 2.86. The molecule has 0 bridgehead atoms. The van der Waals surface area contributed by atoms with Crippen molar-refractivity contribution in [2.45, 2.75) is 18.6 Å². The Balaban J connectivity index is 0.000000133. The minimum absolute atomic E-state index is 0.0300. The second-order valence-corrected chi connectivity index (χ2v) is 5.32. The number of para-hydroxylation sites is 1. The van der Waals surface area contributed by atoms with Crippen molar-refractivity contribution >= 4 is 11.7 Å². The van der Waals surface area contributed by atoms with Gasteiger partial charge in [-0.3, -0.25) is 0 Å². The Morgan fingerprint density at radius 3 is 2.36 bits per heavy atom. The topological polar surface area (TPSA) is 56.6 Å². The quantitative estimate of drug-likeness (QED) is 0.758. The lowest BCUT2D eigenvalue weighted by Crippen LogP contribution is -2.25. The molecule has 4 rings (SSSR count). The van der Waals surface area contributed by atoms with Crippen molar-refractivity contribution in [1.29, 1.82) is 5.26 Å². The fourth-order valence-corrected chi connectivity index (χ4v) is 2.59. The Morgan fingerprint density at radius 2 is 1.77 bits per heavy atom. The Morgan fingerprint density at radius 1 is 1.14 bits per heavy atom. The molecule has 2 unspecified atom stereocenters. The summed E-state index contributed by atoms with van der Waals surface area (Å²) in [6.07, 6.45) is 0.601. The van der Waals surface area contributed by atoms with E-state index in [1.807, 2.05) is 54.4 Å². The number of hydrogen-bond donors (Lipinski definition) is 0. The maximum atomic E-state index is 10.5. The van der Waals surface area contributed by atoms with Gasteiger partial charge in [-0.15, -0.1) is 0 Å². The van der Waals surface area contributed by atoms with Crippen molar-refractivity contribution in [3.63, 3.8) is 0 Å². The highest BCUT2D eigenvalue weighted by atomic mass is 16.6. The van der Waals surface area contributed by atoms with Gasteiger partial charge in [-0.05, 0) is 11.6 Å². The van der Waals surface area contributed by atoms with Crippen LogP contribution in [0.15, 0.2) is 54.6 Å². The first-order valence-corrected chi connectivity index (χ1v) is 7.16. The zero-order chi connectivity index (χ0) is 15.5. The molecule has 2 heterocycles. The molecule has 4 nitrogen and oxygen atoms in total. The van der Waals surface area contributed by atoms with Crippen LogP contribution in [0.2, 0.25) is 0 Å². The number of ether oxygens (including phenoxy) is 1. The van der Waals surface area contributed by atoms with Crippen LogP contribution in [0, 0.1) is 11.3 Å². The van der Waals surface area contributed by atoms with Crippen LogP contribution in [0.1, 0.15) is 17.2 Å². The third kappa shape index (κ3) is 2.79. The summed E-state index contributed by atoms with van der Waals surface area (Å²) in [6.45, 7) is 0. The molecule has 1 saturated heterocycles. The lowest BCUT2D eigenvalue weighted by atomic mass is 10.1. The van der Waals surface area contributed by atoms with Crippen LogP contribution in [0.3, 0.4) is 0 Å². The first-order valence-electron chi connectivity index (χ1n) is 7.16. The van der Waals surface area contributed by atoms with Gasteiger partial charge < -0.3 is 9.64 Å². The zero-order valence-electron chi connectivity index (χ0n) is 12.3. The summed E-state index contributed by atoms with van der Waals surface area (Å²) in [5, 5.41) is 8.82. The van der Waals surface area contributed by atoms with E-state index in [4.69, 9.17) is 5.26 Å². The number of rotatable bonds is 1. The monoisotopic (exact) mass is 292 g/mol. The third-order valence-corrected chi connectivity index (χ3v) is 3.89. The zero-order valence-corrected chi connectivity index (χ0v) is 12.3. The van der Waals surface area contributed by atoms with Gasteiger partial charge >= 0.3 is 5.97 Å². The average Bonchev–Trinajstić information content (AvgIpc) is 3.21. The standard InChI is InChI=1S/C10H10N2.C8H6O2/c1-12-9(7-11)6-8-4-2-3-5-10(8)12;9-8-7(10-8)6-4-2-1-3-5-6/h2-5,9H,6H2,1H3;1-5,7H. The molecule has 0 amide bonds. The largest absolute Gasteiger partial charge is 0.442 e. The lowest BCUT2D eigenvalue weighted by molar-refractivity contribution is -0.117. The summed E-state index contributed by atoms with van der Waals surface area (Å²) in [6, 6.07) is 20.0. The second kappa shape index (κ2) is 5.90. The van der Waals surface area contributed by atoms with Crippen LogP contribution in [-0.2, 0) is 16.0 Å². The first-order chi connectivity index (χ1) is 10.7. The highest BCUT2D eigenvalue weighted by Crippen LogP contribution is 2.31. The van der Waals surface area contributed by atoms with Crippen molar-refractivity contribution in [3.05, 3.63) is 65.7 Å². The van der Waals surface area contributed by atoms with Gasteiger partial charge in [0.05, 0.1) is 6.07 Å². The van der Waals surface area contributed by atoms with Crippen molar-refractivity contribution in [3.8, 4) is 6.07 Å². The Kier molecular flexibility index (Phi) is 3.80. The van der Waals surface area contributed by atoms with Crippen molar-refractivity contribution in [1.82, 2.24) is 0 Å². The molecule has 2 aliphatic rings. The molecule has 2 atom stereocenters. The SMILES string of the molecule is CN1c2ccccc2CC1C#N.O=C1OC1c1ccccc1. The Bertz CT molecular complexity index is 721. The Labute approximate surface area is 129 Å². The number of cyclic esters (lactones) is 1. The molecule has 0 radical (unpaired) electrons. The maximum absolute atomic E-state index is 10.5. The molecule has 110 valence electrons. The lowest BCUT2D eigenvalue weighted by Gasteiger charge is -2.15. The molecule has 22 heavy (non-hydrogen) atoms. The van der Waals surface area contributed by atoms with Crippen molar-refractivity contribution < 1.29 is 9.53 Å². The van der Waals surface area contributed by atoms with Gasteiger partial charge in [0.25, 0.3) is 0 Å². The first kappa shape index (κ1) is 14.2. The van der Waals surface area contributed by atoms with Crippen molar-refractivity contribution in [2.75, 3.05) is 11.9 Å². The molecule has 1 fully saturated rings. The van der Waals surface area contributed by atoms with E-state index in [9.17, 15) is 4.79 Å². The van der Waals surface area contributed by atoms with Crippen LogP contribution >= 0.6 is 0 Å². The number of benzene rings is 2. The number of carbonyl (C=O) groups is 1. The highest BCUT2D eigenvalue weighted by Gasteiger charge is 2.39. The summed E-state index contributed by atoms with van der Waals surface area (Å²) in [4.78, 5) is 12.5. The van der Waals surface area contributed by atoms with E-state index in [2.05, 4.69) is 22.9 Å². The molecule has 2 aromatic carbocycles. The summed E-state index contributed by atoms with van der Waals surface area (Å²) in [5.41, 5.74) is 3.43. The van der Waals surface area contributed by atoms with Crippen LogP contribution in [-0.4, -0.2) is 19.1 Å². The van der Waals surface area contributed by atoms with E-state index < -0.39 is 0 Å². The molecule has 2 aliphatic heterocycles. The molecule has 0 saturated carbocycles. The molecule has 0 aliphatic carbocycles. The van der Waals surface area contributed by atoms with Crippen LogP contribution in [0.4, 0.5) is 5.69 Å². The van der Waals surface area contributed by atoms with E-state index in [0.29, 0.717) is 0 Å². The predicted molar refractivity (Wildman–Crippen MR) is 83.2 cm³/mol. The van der Waals surface area contributed by atoms with E-state index in [1.54, 1.807) is 0 Å². The fourth-order valence-electron chi connectivity index (χ4n) is 2.59. The van der Waals surface area contributed by atoms with Crippen molar-refractivity contribution in [2.24, 2.45) is 0 Å². The normalized spacial score (nSPS) is 21.1. The number of epoxide rings is 1. The molecule has 0 N–H and O–H groups in total. The van der Waals surface area contributed by atoms with E-state index >= 15 is 0 Å². The van der Waals surface area contributed by atoms with Gasteiger partial charge in [0, 0.05) is 24.7 Å². The van der Waals surface area contributed by atoms with Gasteiger partial charge in [0.15, 0.2) is 0 Å². The summed E-state index contributed by atoms with van der Waals surface area (Å²) in [7, 11) is 1.97. The minimum Gasteiger partial charge on any atom is -0.442 e. The highest BCUT2D eigenvalue weighted by molar-refractivity contribution is 5.88. The summed E-state index contributed by atoms with van der Waals surface area (Å²) < 4.78 is 4.66. The fraction of sp³-hybridized carbons (Fsp3) is 0.222.